The highest BCUT2D eigenvalue weighted by Gasteiger charge is 2.42. The fraction of sp³-hybridized carbons (Fsp3) is 0.353. The summed E-state index contributed by atoms with van der Waals surface area (Å²) in [6, 6.07) is 12.3. The maximum atomic E-state index is 9.06. The van der Waals surface area contributed by atoms with Gasteiger partial charge in [0.2, 0.25) is 0 Å². The number of nitriles is 1. The number of hydrogen-bond donors (Lipinski definition) is 0. The average Bonchev–Trinajstić information content (AvgIpc) is 3.13. The number of benzene rings is 1. The lowest BCUT2D eigenvalue weighted by molar-refractivity contribution is -0.0129. The Morgan fingerprint density at radius 1 is 1.36 bits per heavy atom. The lowest BCUT2D eigenvalue weighted by atomic mass is 9.87. The molecule has 0 amide bonds. The van der Waals surface area contributed by atoms with Crippen LogP contribution in [0.25, 0.3) is 0 Å². The van der Waals surface area contributed by atoms with Gasteiger partial charge in [0.15, 0.2) is 0 Å². The van der Waals surface area contributed by atoms with Crippen LogP contribution in [0.1, 0.15) is 28.0 Å². The number of nitrogens with zero attached hydrogens (tertiary/aromatic N) is 2. The number of rotatable bonds is 4. The highest BCUT2D eigenvalue weighted by Crippen LogP contribution is 2.46. The van der Waals surface area contributed by atoms with Crippen LogP contribution in [0.15, 0.2) is 35.7 Å². The zero-order valence-corrected chi connectivity index (χ0v) is 14.3. The van der Waals surface area contributed by atoms with Crippen LogP contribution < -0.4 is 0 Å². The summed E-state index contributed by atoms with van der Waals surface area (Å²) in [7, 11) is 4.16. The number of ether oxygens (including phenoxy) is 1. The molecule has 0 aliphatic carbocycles. The zero-order chi connectivity index (χ0) is 14.9. The molecule has 2 heterocycles. The molecule has 0 radical (unpaired) electrons. The van der Waals surface area contributed by atoms with Crippen molar-refractivity contribution in [2.45, 2.75) is 18.6 Å². The van der Waals surface area contributed by atoms with E-state index in [0.717, 1.165) is 18.5 Å². The lowest BCUT2D eigenvalue weighted by Gasteiger charge is -2.30. The second kappa shape index (κ2) is 6.80. The van der Waals surface area contributed by atoms with Crippen LogP contribution in [0.5, 0.6) is 0 Å². The van der Waals surface area contributed by atoms with Crippen LogP contribution in [0.3, 0.4) is 0 Å². The first-order valence-corrected chi connectivity index (χ1v) is 7.90. The molecular formula is C17H19ClN2OS. The monoisotopic (exact) mass is 334 g/mol. The fourth-order valence-electron chi connectivity index (χ4n) is 2.88. The van der Waals surface area contributed by atoms with Gasteiger partial charge in [0.25, 0.3) is 0 Å². The molecule has 3 nitrogen and oxygen atoms in total. The quantitative estimate of drug-likeness (QED) is 0.854. The summed E-state index contributed by atoms with van der Waals surface area (Å²) >= 11 is 1.74. The summed E-state index contributed by atoms with van der Waals surface area (Å²) in [6.45, 7) is 1.54. The second-order valence-corrected chi connectivity index (χ2v) is 6.58. The molecule has 22 heavy (non-hydrogen) atoms. The van der Waals surface area contributed by atoms with E-state index in [2.05, 4.69) is 48.6 Å². The van der Waals surface area contributed by atoms with Crippen molar-refractivity contribution in [2.24, 2.45) is 0 Å². The van der Waals surface area contributed by atoms with Gasteiger partial charge in [-0.15, -0.1) is 23.7 Å². The fourth-order valence-corrected chi connectivity index (χ4v) is 3.80. The third-order valence-corrected chi connectivity index (χ3v) is 4.99. The van der Waals surface area contributed by atoms with E-state index < -0.39 is 0 Å². The van der Waals surface area contributed by atoms with Crippen molar-refractivity contribution in [3.63, 3.8) is 0 Å². The van der Waals surface area contributed by atoms with Crippen LogP contribution in [0.2, 0.25) is 0 Å². The highest BCUT2D eigenvalue weighted by molar-refractivity contribution is 7.10. The van der Waals surface area contributed by atoms with E-state index in [9.17, 15) is 0 Å². The Morgan fingerprint density at radius 3 is 2.82 bits per heavy atom. The molecule has 0 spiro atoms. The third kappa shape index (κ3) is 2.90. The number of thiophene rings is 1. The molecule has 5 heteroatoms. The van der Waals surface area contributed by atoms with Crippen molar-refractivity contribution in [1.29, 1.82) is 5.26 Å². The van der Waals surface area contributed by atoms with E-state index in [0.29, 0.717) is 12.2 Å². The summed E-state index contributed by atoms with van der Waals surface area (Å²) in [5, 5.41) is 11.2. The molecule has 1 aromatic carbocycles. The lowest BCUT2D eigenvalue weighted by Crippen LogP contribution is -2.30. The second-order valence-electron chi connectivity index (χ2n) is 5.63. The van der Waals surface area contributed by atoms with Crippen LogP contribution in [0.4, 0.5) is 0 Å². The summed E-state index contributed by atoms with van der Waals surface area (Å²) < 4.78 is 6.28. The van der Waals surface area contributed by atoms with Gasteiger partial charge in [-0.1, -0.05) is 12.1 Å². The summed E-state index contributed by atoms with van der Waals surface area (Å²) in [6.07, 6.45) is 0.916. The largest absolute Gasteiger partial charge is 0.360 e. The van der Waals surface area contributed by atoms with Gasteiger partial charge in [0.1, 0.15) is 5.60 Å². The van der Waals surface area contributed by atoms with Crippen LogP contribution in [-0.2, 0) is 16.9 Å². The SMILES string of the molecule is CN(C)CCC1(c2cccs2)OCc2cc(C#N)ccc21.Cl. The predicted octanol–water partition coefficient (Wildman–Crippen LogP) is 3.77. The van der Waals surface area contributed by atoms with E-state index >= 15 is 0 Å². The number of fused-ring (bicyclic) bond motifs is 1. The molecule has 0 N–H and O–H groups in total. The van der Waals surface area contributed by atoms with Crippen LogP contribution in [0, 0.1) is 11.3 Å². The van der Waals surface area contributed by atoms with E-state index in [1.54, 1.807) is 11.3 Å². The van der Waals surface area contributed by atoms with Gasteiger partial charge in [-0.05, 0) is 55.2 Å². The van der Waals surface area contributed by atoms with Crippen LogP contribution >= 0.6 is 23.7 Å². The molecular weight excluding hydrogens is 316 g/mol. The van der Waals surface area contributed by atoms with E-state index in [1.807, 2.05) is 12.1 Å². The van der Waals surface area contributed by atoms with Gasteiger partial charge in [0, 0.05) is 11.4 Å². The Morgan fingerprint density at radius 2 is 2.18 bits per heavy atom. The van der Waals surface area contributed by atoms with Crippen molar-refractivity contribution in [1.82, 2.24) is 4.90 Å². The molecule has 0 bridgehead atoms. The Balaban J connectivity index is 0.00000176. The minimum absolute atomic E-state index is 0. The van der Waals surface area contributed by atoms with Gasteiger partial charge in [-0.2, -0.15) is 5.26 Å². The molecule has 0 fully saturated rings. The molecule has 2 aromatic rings. The van der Waals surface area contributed by atoms with Gasteiger partial charge in [0.05, 0.1) is 18.2 Å². The molecule has 1 atom stereocenters. The topological polar surface area (TPSA) is 36.3 Å². The molecule has 1 aliphatic heterocycles. The minimum atomic E-state index is -0.359. The van der Waals surface area contributed by atoms with Gasteiger partial charge < -0.3 is 9.64 Å². The van der Waals surface area contributed by atoms with E-state index in [4.69, 9.17) is 10.00 Å². The third-order valence-electron chi connectivity index (χ3n) is 3.97. The van der Waals surface area contributed by atoms with Crippen molar-refractivity contribution < 1.29 is 4.74 Å². The molecule has 1 aliphatic rings. The smallest absolute Gasteiger partial charge is 0.129 e. The molecule has 0 saturated heterocycles. The maximum Gasteiger partial charge on any atom is 0.129 e. The molecule has 0 saturated carbocycles. The molecule has 116 valence electrons. The first kappa shape index (κ1) is 17.0. The highest BCUT2D eigenvalue weighted by atomic mass is 35.5. The Kier molecular flexibility index (Phi) is 5.25. The molecule has 3 rings (SSSR count). The Bertz CT molecular complexity index is 678. The standard InChI is InChI=1S/C17H18N2OS.ClH/c1-19(2)8-7-17(16-4-3-9-21-16)15-6-5-13(11-18)10-14(15)12-20-17;/h3-6,9-10H,7-8,12H2,1-2H3;1H. The van der Waals surface area contributed by atoms with Crippen LogP contribution in [-0.4, -0.2) is 25.5 Å². The summed E-state index contributed by atoms with van der Waals surface area (Å²) in [4.78, 5) is 3.42. The van der Waals surface area contributed by atoms with Crippen molar-refractivity contribution in [2.75, 3.05) is 20.6 Å². The number of hydrogen-bond acceptors (Lipinski definition) is 4. The van der Waals surface area contributed by atoms with E-state index in [-0.39, 0.29) is 18.0 Å². The van der Waals surface area contributed by atoms with Crippen molar-refractivity contribution in [3.05, 3.63) is 57.3 Å². The number of halogens is 1. The summed E-state index contributed by atoms with van der Waals surface area (Å²) in [5.74, 6) is 0. The first-order valence-electron chi connectivity index (χ1n) is 7.02. The van der Waals surface area contributed by atoms with Crippen molar-refractivity contribution >= 4 is 23.7 Å². The molecule has 1 unspecified atom stereocenters. The first-order chi connectivity index (χ1) is 10.2. The summed E-state index contributed by atoms with van der Waals surface area (Å²) in [5.41, 5.74) is 2.70. The van der Waals surface area contributed by atoms with E-state index in [1.165, 1.54) is 10.4 Å². The van der Waals surface area contributed by atoms with Gasteiger partial charge in [-0.3, -0.25) is 0 Å². The Hall–Kier alpha value is -1.38. The Labute approximate surface area is 141 Å². The molecule has 1 aromatic heterocycles. The average molecular weight is 335 g/mol. The predicted molar refractivity (Wildman–Crippen MR) is 91.5 cm³/mol. The maximum absolute atomic E-state index is 9.06. The zero-order valence-electron chi connectivity index (χ0n) is 12.7. The minimum Gasteiger partial charge on any atom is -0.360 e. The normalized spacial score (nSPS) is 19.5. The van der Waals surface area contributed by atoms with Gasteiger partial charge in [-0.25, -0.2) is 0 Å². The van der Waals surface area contributed by atoms with Crippen molar-refractivity contribution in [3.8, 4) is 6.07 Å². The van der Waals surface area contributed by atoms with Gasteiger partial charge >= 0.3 is 0 Å².